The predicted octanol–water partition coefficient (Wildman–Crippen LogP) is 3.04. The summed E-state index contributed by atoms with van der Waals surface area (Å²) in [4.78, 5) is 11.7. The summed E-state index contributed by atoms with van der Waals surface area (Å²) in [6.45, 7) is 3.89. The molecule has 0 saturated carbocycles. The first-order valence-corrected chi connectivity index (χ1v) is 5.94. The first-order chi connectivity index (χ1) is 9.17. The minimum Gasteiger partial charge on any atom is -0.420 e. The number of hydrogen-bond donors (Lipinski definition) is 1. The van der Waals surface area contributed by atoms with Gasteiger partial charge in [-0.2, -0.15) is 8.78 Å². The topological polar surface area (TPSA) is 52.3 Å². The molecule has 0 amide bonds. The number of carbonyl (C=O) groups excluding carboxylic acids is 1. The molecular formula is C13H15F4NO2. The zero-order chi connectivity index (χ0) is 15.7. The summed E-state index contributed by atoms with van der Waals surface area (Å²) in [6, 6.07) is 0. The van der Waals surface area contributed by atoms with Crippen LogP contribution in [0, 0.1) is 28.7 Å². The summed E-state index contributed by atoms with van der Waals surface area (Å²) in [5.41, 5.74) is 3.03. The zero-order valence-corrected chi connectivity index (χ0v) is 11.3. The zero-order valence-electron chi connectivity index (χ0n) is 11.3. The Bertz CT molecular complexity index is 515. The van der Waals surface area contributed by atoms with Crippen molar-refractivity contribution in [1.82, 2.24) is 0 Å². The van der Waals surface area contributed by atoms with Crippen LogP contribution in [0.4, 0.5) is 17.6 Å². The number of hydrogen-bond acceptors (Lipinski definition) is 3. The number of nitrogens with two attached hydrogens (primary N) is 1. The highest BCUT2D eigenvalue weighted by Crippen LogP contribution is 2.32. The van der Waals surface area contributed by atoms with E-state index in [2.05, 4.69) is 4.74 Å². The minimum atomic E-state index is -1.77. The molecule has 0 atom stereocenters. The van der Waals surface area contributed by atoms with Crippen molar-refractivity contribution in [3.8, 4) is 5.75 Å². The standard InChI is InChI=1S/C13H15F4NO2/c1-4-13(2,3)12(19)20-11-9(16)7(14)6(5-18)8(15)10(11)17/h4-5,18H2,1-3H3. The molecular weight excluding hydrogens is 278 g/mol. The fourth-order valence-corrected chi connectivity index (χ4v) is 1.30. The second-order valence-electron chi connectivity index (χ2n) is 4.89. The molecule has 0 bridgehead atoms. The highest BCUT2D eigenvalue weighted by atomic mass is 19.2. The largest absolute Gasteiger partial charge is 0.420 e. The molecule has 2 N–H and O–H groups in total. The number of esters is 1. The van der Waals surface area contributed by atoms with E-state index in [0.29, 0.717) is 6.42 Å². The van der Waals surface area contributed by atoms with Crippen LogP contribution in [0.5, 0.6) is 5.75 Å². The molecule has 1 aromatic carbocycles. The Balaban J connectivity index is 3.31. The molecule has 112 valence electrons. The van der Waals surface area contributed by atoms with E-state index in [0.717, 1.165) is 0 Å². The van der Waals surface area contributed by atoms with Crippen LogP contribution in [0.25, 0.3) is 0 Å². The summed E-state index contributed by atoms with van der Waals surface area (Å²) in [6.07, 6.45) is 0.320. The third-order valence-corrected chi connectivity index (χ3v) is 3.15. The van der Waals surface area contributed by atoms with Crippen molar-refractivity contribution in [1.29, 1.82) is 0 Å². The second-order valence-corrected chi connectivity index (χ2v) is 4.89. The average Bonchev–Trinajstić information content (AvgIpc) is 2.41. The third-order valence-electron chi connectivity index (χ3n) is 3.15. The summed E-state index contributed by atoms with van der Waals surface area (Å²) in [5.74, 6) is -9.25. The van der Waals surface area contributed by atoms with Crippen molar-refractivity contribution in [2.24, 2.45) is 11.1 Å². The molecule has 0 aliphatic heterocycles. The van der Waals surface area contributed by atoms with Crippen molar-refractivity contribution in [2.45, 2.75) is 33.7 Å². The number of carbonyl (C=O) groups is 1. The molecule has 0 fully saturated rings. The van der Waals surface area contributed by atoms with Crippen molar-refractivity contribution in [3.63, 3.8) is 0 Å². The van der Waals surface area contributed by atoms with Gasteiger partial charge in [-0.05, 0) is 20.3 Å². The molecule has 0 radical (unpaired) electrons. The van der Waals surface area contributed by atoms with E-state index in [1.165, 1.54) is 13.8 Å². The number of benzene rings is 1. The maximum Gasteiger partial charge on any atom is 0.317 e. The van der Waals surface area contributed by atoms with E-state index in [-0.39, 0.29) is 0 Å². The maximum atomic E-state index is 13.6. The number of ether oxygens (including phenoxy) is 1. The molecule has 0 aromatic heterocycles. The van der Waals surface area contributed by atoms with Gasteiger partial charge in [0.1, 0.15) is 0 Å². The Morgan fingerprint density at radius 2 is 1.55 bits per heavy atom. The van der Waals surface area contributed by atoms with Gasteiger partial charge in [-0.3, -0.25) is 4.79 Å². The lowest BCUT2D eigenvalue weighted by Crippen LogP contribution is -2.29. The maximum absolute atomic E-state index is 13.6. The summed E-state index contributed by atoms with van der Waals surface area (Å²) < 4.78 is 58.7. The smallest absolute Gasteiger partial charge is 0.317 e. The second kappa shape index (κ2) is 5.78. The van der Waals surface area contributed by atoms with Gasteiger partial charge in [0.2, 0.25) is 17.4 Å². The molecule has 20 heavy (non-hydrogen) atoms. The lowest BCUT2D eigenvalue weighted by molar-refractivity contribution is -0.144. The lowest BCUT2D eigenvalue weighted by Gasteiger charge is -2.21. The van der Waals surface area contributed by atoms with Gasteiger partial charge in [0, 0.05) is 12.1 Å². The SMILES string of the molecule is CCC(C)(C)C(=O)Oc1c(F)c(F)c(CN)c(F)c1F. The van der Waals surface area contributed by atoms with Gasteiger partial charge >= 0.3 is 5.97 Å². The molecule has 3 nitrogen and oxygen atoms in total. The van der Waals surface area contributed by atoms with E-state index in [1.54, 1.807) is 6.92 Å². The van der Waals surface area contributed by atoms with E-state index in [9.17, 15) is 22.4 Å². The van der Waals surface area contributed by atoms with Crippen LogP contribution >= 0.6 is 0 Å². The van der Waals surface area contributed by atoms with Crippen molar-refractivity contribution in [3.05, 3.63) is 28.8 Å². The Kier molecular flexibility index (Phi) is 4.75. The van der Waals surface area contributed by atoms with Gasteiger partial charge in [0.05, 0.1) is 5.41 Å². The van der Waals surface area contributed by atoms with Crippen LogP contribution in [-0.2, 0) is 11.3 Å². The van der Waals surface area contributed by atoms with Crippen LogP contribution in [0.2, 0.25) is 0 Å². The van der Waals surface area contributed by atoms with E-state index in [4.69, 9.17) is 5.73 Å². The Morgan fingerprint density at radius 1 is 1.10 bits per heavy atom. The fraction of sp³-hybridized carbons (Fsp3) is 0.462. The predicted molar refractivity (Wildman–Crippen MR) is 63.9 cm³/mol. The Hall–Kier alpha value is -1.63. The molecule has 0 saturated heterocycles. The highest BCUT2D eigenvalue weighted by molar-refractivity contribution is 5.78. The van der Waals surface area contributed by atoms with Crippen LogP contribution in [0.3, 0.4) is 0 Å². The van der Waals surface area contributed by atoms with Gasteiger partial charge in [-0.15, -0.1) is 0 Å². The highest BCUT2D eigenvalue weighted by Gasteiger charge is 2.32. The Labute approximate surface area is 113 Å². The van der Waals surface area contributed by atoms with Crippen molar-refractivity contribution >= 4 is 5.97 Å². The average molecular weight is 293 g/mol. The van der Waals surface area contributed by atoms with Crippen molar-refractivity contribution in [2.75, 3.05) is 0 Å². The van der Waals surface area contributed by atoms with Gasteiger partial charge in [-0.1, -0.05) is 6.92 Å². The molecule has 1 aromatic rings. The molecule has 0 spiro atoms. The van der Waals surface area contributed by atoms with Crippen molar-refractivity contribution < 1.29 is 27.1 Å². The van der Waals surface area contributed by atoms with E-state index in [1.807, 2.05) is 0 Å². The van der Waals surface area contributed by atoms with E-state index < -0.39 is 52.5 Å². The van der Waals surface area contributed by atoms with Gasteiger partial charge in [0.25, 0.3) is 0 Å². The molecule has 0 aliphatic carbocycles. The first-order valence-electron chi connectivity index (χ1n) is 5.94. The monoisotopic (exact) mass is 293 g/mol. The fourth-order valence-electron chi connectivity index (χ4n) is 1.30. The van der Waals surface area contributed by atoms with Crippen LogP contribution in [0.15, 0.2) is 0 Å². The number of halogens is 4. The number of rotatable bonds is 4. The normalized spacial score (nSPS) is 11.6. The molecule has 0 aliphatic rings. The third kappa shape index (κ3) is 2.77. The van der Waals surface area contributed by atoms with E-state index >= 15 is 0 Å². The van der Waals surface area contributed by atoms with Crippen LogP contribution < -0.4 is 10.5 Å². The lowest BCUT2D eigenvalue weighted by atomic mass is 9.91. The van der Waals surface area contributed by atoms with Gasteiger partial charge in [0.15, 0.2) is 11.6 Å². The van der Waals surface area contributed by atoms with Crippen LogP contribution in [0.1, 0.15) is 32.8 Å². The summed E-state index contributed by atoms with van der Waals surface area (Å²) >= 11 is 0. The summed E-state index contributed by atoms with van der Waals surface area (Å²) in [7, 11) is 0. The Morgan fingerprint density at radius 3 is 1.90 bits per heavy atom. The molecule has 0 unspecified atom stereocenters. The minimum absolute atomic E-state index is 0.320. The molecule has 7 heteroatoms. The van der Waals surface area contributed by atoms with Crippen LogP contribution in [-0.4, -0.2) is 5.97 Å². The summed E-state index contributed by atoms with van der Waals surface area (Å²) in [5, 5.41) is 0. The quantitative estimate of drug-likeness (QED) is 0.402. The molecule has 0 heterocycles. The molecule has 1 rings (SSSR count). The first kappa shape index (κ1) is 16.4. The van der Waals surface area contributed by atoms with Gasteiger partial charge in [-0.25, -0.2) is 8.78 Å². The van der Waals surface area contributed by atoms with Gasteiger partial charge < -0.3 is 10.5 Å².